The molecule has 18 heavy (non-hydrogen) atoms. The third-order valence-corrected chi connectivity index (χ3v) is 2.43. The highest BCUT2D eigenvalue weighted by Gasteiger charge is 2.10. The van der Waals surface area contributed by atoms with Crippen LogP contribution in [0.1, 0.15) is 40.5 Å². The summed E-state index contributed by atoms with van der Waals surface area (Å²) in [6.07, 6.45) is 2.06. The lowest BCUT2D eigenvalue weighted by atomic mass is 10.1. The Bertz CT molecular complexity index is 367. The maximum Gasteiger partial charge on any atom is 0.240 e. The number of nitrogens with two attached hydrogens (primary N) is 1. The summed E-state index contributed by atoms with van der Waals surface area (Å²) in [7, 11) is 0. The summed E-state index contributed by atoms with van der Waals surface area (Å²) in [5.74, 6) is 1.64. The first-order valence-corrected chi connectivity index (χ1v) is 6.58. The van der Waals surface area contributed by atoms with E-state index in [9.17, 15) is 0 Å². The molecule has 1 heterocycles. The molecule has 1 atom stereocenters. The summed E-state index contributed by atoms with van der Waals surface area (Å²) in [6.45, 7) is 9.05. The van der Waals surface area contributed by atoms with E-state index in [2.05, 4.69) is 18.8 Å². The van der Waals surface area contributed by atoms with Gasteiger partial charge in [0.05, 0.1) is 18.4 Å². The molecular formula is C14H24N2O2. The zero-order chi connectivity index (χ0) is 13.5. The number of hydrogen-bond donors (Lipinski definition) is 1. The van der Waals surface area contributed by atoms with Gasteiger partial charge in [0, 0.05) is 6.07 Å². The quantitative estimate of drug-likeness (QED) is 0.809. The van der Waals surface area contributed by atoms with Gasteiger partial charge in [-0.15, -0.1) is 0 Å². The summed E-state index contributed by atoms with van der Waals surface area (Å²) in [4.78, 5) is 4.29. The number of nitrogen functional groups attached to an aromatic ring is 1. The molecule has 0 fully saturated rings. The van der Waals surface area contributed by atoms with Crippen LogP contribution in [0, 0.1) is 5.92 Å². The van der Waals surface area contributed by atoms with Crippen LogP contribution in [0.25, 0.3) is 0 Å². The van der Waals surface area contributed by atoms with Gasteiger partial charge < -0.3 is 15.2 Å². The first-order valence-electron chi connectivity index (χ1n) is 6.58. The van der Waals surface area contributed by atoms with Crippen molar-refractivity contribution in [3.05, 3.63) is 12.1 Å². The molecule has 1 rings (SSSR count). The highest BCUT2D eigenvalue weighted by atomic mass is 16.5. The van der Waals surface area contributed by atoms with Crippen molar-refractivity contribution < 1.29 is 9.47 Å². The van der Waals surface area contributed by atoms with Gasteiger partial charge >= 0.3 is 0 Å². The van der Waals surface area contributed by atoms with E-state index in [0.717, 1.165) is 12.8 Å². The number of ether oxygens (including phenoxy) is 2. The lowest BCUT2D eigenvalue weighted by Crippen LogP contribution is -2.15. The van der Waals surface area contributed by atoms with Crippen LogP contribution < -0.4 is 15.2 Å². The van der Waals surface area contributed by atoms with Crippen molar-refractivity contribution in [3.63, 3.8) is 0 Å². The van der Waals surface area contributed by atoms with Crippen LogP contribution in [-0.4, -0.2) is 17.7 Å². The van der Waals surface area contributed by atoms with E-state index in [4.69, 9.17) is 15.2 Å². The van der Waals surface area contributed by atoms with Gasteiger partial charge in [-0.1, -0.05) is 20.8 Å². The summed E-state index contributed by atoms with van der Waals surface area (Å²) in [6, 6.07) is 3.56. The van der Waals surface area contributed by atoms with Gasteiger partial charge in [-0.25, -0.2) is 0 Å². The van der Waals surface area contributed by atoms with E-state index >= 15 is 0 Å². The van der Waals surface area contributed by atoms with E-state index in [-0.39, 0.29) is 6.10 Å². The Labute approximate surface area is 110 Å². The zero-order valence-corrected chi connectivity index (χ0v) is 11.8. The molecule has 0 radical (unpaired) electrons. The Morgan fingerprint density at radius 3 is 2.61 bits per heavy atom. The lowest BCUT2D eigenvalue weighted by molar-refractivity contribution is 0.183. The van der Waals surface area contributed by atoms with E-state index < -0.39 is 0 Å². The van der Waals surface area contributed by atoms with Gasteiger partial charge in [0.15, 0.2) is 0 Å². The molecule has 102 valence electrons. The molecule has 1 unspecified atom stereocenters. The normalized spacial score (nSPS) is 12.5. The van der Waals surface area contributed by atoms with E-state index in [0.29, 0.717) is 30.0 Å². The number of rotatable bonds is 7. The van der Waals surface area contributed by atoms with Crippen molar-refractivity contribution in [1.82, 2.24) is 4.98 Å². The first kappa shape index (κ1) is 14.6. The minimum Gasteiger partial charge on any atom is -0.476 e. The second-order valence-corrected chi connectivity index (χ2v) is 4.95. The highest BCUT2D eigenvalue weighted by molar-refractivity contribution is 5.49. The van der Waals surface area contributed by atoms with Crippen molar-refractivity contribution in [2.45, 2.75) is 46.6 Å². The summed E-state index contributed by atoms with van der Waals surface area (Å²) >= 11 is 0. The molecular weight excluding hydrogens is 228 g/mol. The van der Waals surface area contributed by atoms with Gasteiger partial charge in [0.1, 0.15) is 0 Å². The highest BCUT2D eigenvalue weighted by Crippen LogP contribution is 2.23. The molecule has 0 saturated carbocycles. The summed E-state index contributed by atoms with van der Waals surface area (Å²) < 4.78 is 11.2. The van der Waals surface area contributed by atoms with Crippen molar-refractivity contribution in [3.8, 4) is 11.8 Å². The molecule has 0 bridgehead atoms. The molecule has 0 saturated heterocycles. The average Bonchev–Trinajstić information content (AvgIpc) is 2.28. The first-order chi connectivity index (χ1) is 8.52. The fourth-order valence-corrected chi connectivity index (χ4v) is 1.73. The predicted molar refractivity (Wildman–Crippen MR) is 74.0 cm³/mol. The van der Waals surface area contributed by atoms with Crippen LogP contribution in [0.3, 0.4) is 0 Å². The Balaban J connectivity index is 2.66. The number of nitrogens with zero attached hydrogens (tertiary/aromatic N) is 1. The van der Waals surface area contributed by atoms with Crippen LogP contribution >= 0.6 is 0 Å². The van der Waals surface area contributed by atoms with Crippen LogP contribution in [0.15, 0.2) is 12.1 Å². The minimum absolute atomic E-state index is 0.139. The van der Waals surface area contributed by atoms with Gasteiger partial charge in [0.25, 0.3) is 0 Å². The molecule has 1 aromatic rings. The fourth-order valence-electron chi connectivity index (χ4n) is 1.73. The molecule has 0 aliphatic heterocycles. The third kappa shape index (κ3) is 4.82. The Morgan fingerprint density at radius 1 is 1.28 bits per heavy atom. The van der Waals surface area contributed by atoms with Crippen LogP contribution in [0.4, 0.5) is 5.69 Å². The molecule has 4 nitrogen and oxygen atoms in total. The molecule has 0 aliphatic rings. The van der Waals surface area contributed by atoms with E-state index in [1.54, 1.807) is 12.1 Å². The number of aromatic nitrogens is 1. The van der Waals surface area contributed by atoms with Crippen LogP contribution in [0.5, 0.6) is 11.8 Å². The predicted octanol–water partition coefficient (Wildman–Crippen LogP) is 3.27. The summed E-state index contributed by atoms with van der Waals surface area (Å²) in [5.41, 5.74) is 6.35. The van der Waals surface area contributed by atoms with Gasteiger partial charge in [-0.2, -0.15) is 4.98 Å². The maximum absolute atomic E-state index is 5.80. The minimum atomic E-state index is 0.139. The molecule has 0 aliphatic carbocycles. The molecule has 1 aromatic heterocycles. The molecule has 0 amide bonds. The molecule has 0 spiro atoms. The Kier molecular flexibility index (Phi) is 5.75. The molecule has 4 heteroatoms. The van der Waals surface area contributed by atoms with Crippen LogP contribution in [-0.2, 0) is 0 Å². The number of anilines is 1. The average molecular weight is 252 g/mol. The zero-order valence-electron chi connectivity index (χ0n) is 11.8. The van der Waals surface area contributed by atoms with Crippen molar-refractivity contribution in [2.24, 2.45) is 5.92 Å². The fraction of sp³-hybridized carbons (Fsp3) is 0.643. The largest absolute Gasteiger partial charge is 0.476 e. The van der Waals surface area contributed by atoms with Crippen molar-refractivity contribution in [1.29, 1.82) is 0 Å². The standard InChI is InChI=1S/C14H24N2O2/c1-5-8-17-14-12(15)6-7-13(16-14)18-11(4)9-10(2)3/h6-7,10-11H,5,8-9,15H2,1-4H3. The number of hydrogen-bond acceptors (Lipinski definition) is 4. The van der Waals surface area contributed by atoms with Crippen molar-refractivity contribution >= 4 is 5.69 Å². The Hall–Kier alpha value is -1.45. The molecule has 0 aromatic carbocycles. The smallest absolute Gasteiger partial charge is 0.240 e. The molecule has 2 N–H and O–H groups in total. The number of pyridine rings is 1. The summed E-state index contributed by atoms with van der Waals surface area (Å²) in [5, 5.41) is 0. The van der Waals surface area contributed by atoms with Gasteiger partial charge in [0.2, 0.25) is 11.8 Å². The topological polar surface area (TPSA) is 57.4 Å². The van der Waals surface area contributed by atoms with E-state index in [1.807, 2.05) is 13.8 Å². The SMILES string of the molecule is CCCOc1nc(OC(C)CC(C)C)ccc1N. The van der Waals surface area contributed by atoms with Crippen LogP contribution in [0.2, 0.25) is 0 Å². The Morgan fingerprint density at radius 2 is 2.00 bits per heavy atom. The lowest BCUT2D eigenvalue weighted by Gasteiger charge is -2.16. The second kappa shape index (κ2) is 7.09. The third-order valence-electron chi connectivity index (χ3n) is 2.43. The van der Waals surface area contributed by atoms with Gasteiger partial charge in [-0.3, -0.25) is 0 Å². The van der Waals surface area contributed by atoms with E-state index in [1.165, 1.54) is 0 Å². The van der Waals surface area contributed by atoms with Gasteiger partial charge in [-0.05, 0) is 31.7 Å². The maximum atomic E-state index is 5.80. The second-order valence-electron chi connectivity index (χ2n) is 4.95. The monoisotopic (exact) mass is 252 g/mol. The van der Waals surface area contributed by atoms with Crippen molar-refractivity contribution in [2.75, 3.05) is 12.3 Å².